The molecule has 1 aromatic heterocycles. The number of likely N-dealkylation sites (tertiary alicyclic amines) is 1. The van der Waals surface area contributed by atoms with Crippen molar-refractivity contribution in [2.24, 2.45) is 5.73 Å². The van der Waals surface area contributed by atoms with Gasteiger partial charge in [0.15, 0.2) is 0 Å². The topological polar surface area (TPSA) is 75.0 Å². The van der Waals surface area contributed by atoms with Crippen LogP contribution < -0.4 is 5.73 Å². The molecule has 6 heteroatoms. The van der Waals surface area contributed by atoms with Gasteiger partial charge in [0.2, 0.25) is 5.91 Å². The second kappa shape index (κ2) is 6.03. The Morgan fingerprint density at radius 3 is 3.00 bits per heavy atom. The molecule has 5 nitrogen and oxygen atoms in total. The lowest BCUT2D eigenvalue weighted by molar-refractivity contribution is -0.133. The average molecular weight is 309 g/mol. The number of fused-ring (bicyclic) bond motifs is 1. The van der Waals surface area contributed by atoms with Crippen molar-refractivity contribution in [1.29, 1.82) is 0 Å². The Balaban J connectivity index is 0.00000161. The van der Waals surface area contributed by atoms with E-state index in [0.29, 0.717) is 0 Å². The molecule has 1 aromatic carbocycles. The Bertz CT molecular complexity index is 652. The Morgan fingerprint density at radius 1 is 1.52 bits per heavy atom. The maximum atomic E-state index is 12.2. The fourth-order valence-electron chi connectivity index (χ4n) is 2.88. The van der Waals surface area contributed by atoms with E-state index in [9.17, 15) is 4.79 Å². The smallest absolute Gasteiger partial charge is 0.239 e. The summed E-state index contributed by atoms with van der Waals surface area (Å²) in [6.45, 7) is 4.56. The molecule has 0 aliphatic carbocycles. The maximum absolute atomic E-state index is 12.2. The van der Waals surface area contributed by atoms with Gasteiger partial charge < -0.3 is 15.6 Å². The monoisotopic (exact) mass is 308 g/mol. The van der Waals surface area contributed by atoms with Crippen LogP contribution in [0.5, 0.6) is 0 Å². The van der Waals surface area contributed by atoms with Crippen LogP contribution in [0.2, 0.25) is 0 Å². The van der Waals surface area contributed by atoms with Crippen molar-refractivity contribution >= 4 is 29.3 Å². The number of aryl methyl sites for hydroxylation is 1. The molecule has 2 heterocycles. The lowest BCUT2D eigenvalue weighted by Gasteiger charge is -2.24. The predicted molar refractivity (Wildman–Crippen MR) is 85.4 cm³/mol. The third kappa shape index (κ3) is 2.89. The first-order valence-electron chi connectivity index (χ1n) is 7.08. The van der Waals surface area contributed by atoms with Gasteiger partial charge in [-0.1, -0.05) is 6.07 Å². The number of nitrogens with one attached hydrogen (secondary N) is 1. The number of rotatable bonds is 2. The van der Waals surface area contributed by atoms with Crippen molar-refractivity contribution in [3.8, 4) is 0 Å². The van der Waals surface area contributed by atoms with Gasteiger partial charge in [-0.2, -0.15) is 0 Å². The number of imidazole rings is 1. The summed E-state index contributed by atoms with van der Waals surface area (Å²) in [4.78, 5) is 22.0. The molecule has 21 heavy (non-hydrogen) atoms. The molecular weight excluding hydrogens is 288 g/mol. The number of hydrogen-bond donors (Lipinski definition) is 2. The SMILES string of the molecule is Cc1ccc2nc(C3CCCN3C(=O)[C@@H](C)N)[nH]c2c1.Cl. The quantitative estimate of drug-likeness (QED) is 0.894. The molecule has 2 aromatic rings. The summed E-state index contributed by atoms with van der Waals surface area (Å²) in [5.74, 6) is 0.876. The van der Waals surface area contributed by atoms with E-state index in [2.05, 4.69) is 23.0 Å². The van der Waals surface area contributed by atoms with E-state index in [1.807, 2.05) is 17.0 Å². The number of H-pyrrole nitrogens is 1. The summed E-state index contributed by atoms with van der Waals surface area (Å²) in [5.41, 5.74) is 8.90. The van der Waals surface area contributed by atoms with Gasteiger partial charge in [0.1, 0.15) is 5.82 Å². The fourth-order valence-corrected chi connectivity index (χ4v) is 2.88. The maximum Gasteiger partial charge on any atom is 0.239 e. The zero-order valence-corrected chi connectivity index (χ0v) is 13.1. The van der Waals surface area contributed by atoms with Crippen molar-refractivity contribution in [3.63, 3.8) is 0 Å². The van der Waals surface area contributed by atoms with Crippen molar-refractivity contribution in [1.82, 2.24) is 14.9 Å². The Labute approximate surface area is 130 Å². The molecule has 114 valence electrons. The summed E-state index contributed by atoms with van der Waals surface area (Å²) in [6.07, 6.45) is 1.94. The molecule has 1 unspecified atom stereocenters. The minimum Gasteiger partial charge on any atom is -0.340 e. The van der Waals surface area contributed by atoms with E-state index < -0.39 is 6.04 Å². The molecular formula is C15H21ClN4O. The lowest BCUT2D eigenvalue weighted by atomic mass is 10.2. The van der Waals surface area contributed by atoms with Crippen molar-refractivity contribution < 1.29 is 4.79 Å². The minimum absolute atomic E-state index is 0. The number of aromatic nitrogens is 2. The molecule has 0 bridgehead atoms. The van der Waals surface area contributed by atoms with E-state index in [1.165, 1.54) is 5.56 Å². The van der Waals surface area contributed by atoms with Crippen LogP contribution in [0.4, 0.5) is 0 Å². The van der Waals surface area contributed by atoms with Crippen LogP contribution in [0.3, 0.4) is 0 Å². The highest BCUT2D eigenvalue weighted by molar-refractivity contribution is 5.85. The van der Waals surface area contributed by atoms with Gasteiger partial charge in [0.25, 0.3) is 0 Å². The first-order chi connectivity index (χ1) is 9.56. The summed E-state index contributed by atoms with van der Waals surface area (Å²) in [7, 11) is 0. The van der Waals surface area contributed by atoms with Crippen molar-refractivity contribution in [2.75, 3.05) is 6.54 Å². The molecule has 1 amide bonds. The highest BCUT2D eigenvalue weighted by atomic mass is 35.5. The highest BCUT2D eigenvalue weighted by Crippen LogP contribution is 2.31. The number of aromatic amines is 1. The zero-order chi connectivity index (χ0) is 14.3. The number of hydrogen-bond acceptors (Lipinski definition) is 3. The first kappa shape index (κ1) is 15.8. The minimum atomic E-state index is -0.456. The largest absolute Gasteiger partial charge is 0.340 e. The van der Waals surface area contributed by atoms with Gasteiger partial charge in [-0.05, 0) is 44.4 Å². The fraction of sp³-hybridized carbons (Fsp3) is 0.467. The Hall–Kier alpha value is -1.59. The summed E-state index contributed by atoms with van der Waals surface area (Å²) >= 11 is 0. The average Bonchev–Trinajstić information content (AvgIpc) is 3.02. The van der Waals surface area contributed by atoms with E-state index >= 15 is 0 Å². The van der Waals surface area contributed by atoms with Crippen LogP contribution in [0, 0.1) is 6.92 Å². The predicted octanol–water partition coefficient (Wildman–Crippen LogP) is 2.30. The van der Waals surface area contributed by atoms with E-state index in [4.69, 9.17) is 5.73 Å². The van der Waals surface area contributed by atoms with E-state index in [-0.39, 0.29) is 24.4 Å². The number of amides is 1. The number of halogens is 1. The van der Waals surface area contributed by atoms with Crippen LogP contribution in [-0.2, 0) is 4.79 Å². The second-order valence-electron chi connectivity index (χ2n) is 5.62. The molecule has 3 rings (SSSR count). The molecule has 0 saturated carbocycles. The van der Waals surface area contributed by atoms with Crippen LogP contribution in [0.15, 0.2) is 18.2 Å². The van der Waals surface area contributed by atoms with Gasteiger partial charge in [0, 0.05) is 6.54 Å². The number of carbonyl (C=O) groups excluding carboxylic acids is 1. The third-order valence-electron chi connectivity index (χ3n) is 3.90. The zero-order valence-electron chi connectivity index (χ0n) is 12.3. The van der Waals surface area contributed by atoms with Gasteiger partial charge in [-0.25, -0.2) is 4.98 Å². The normalized spacial score (nSPS) is 19.6. The van der Waals surface area contributed by atoms with Crippen LogP contribution in [0.25, 0.3) is 11.0 Å². The second-order valence-corrected chi connectivity index (χ2v) is 5.62. The lowest BCUT2D eigenvalue weighted by Crippen LogP contribution is -2.41. The van der Waals surface area contributed by atoms with Crippen LogP contribution >= 0.6 is 12.4 Å². The number of benzene rings is 1. The molecule has 1 aliphatic rings. The molecule has 1 saturated heterocycles. The summed E-state index contributed by atoms with van der Waals surface area (Å²) < 4.78 is 0. The van der Waals surface area contributed by atoms with E-state index in [0.717, 1.165) is 36.2 Å². The first-order valence-corrected chi connectivity index (χ1v) is 7.08. The molecule has 2 atom stereocenters. The van der Waals surface area contributed by atoms with Gasteiger partial charge in [0.05, 0.1) is 23.1 Å². The molecule has 3 N–H and O–H groups in total. The number of carbonyl (C=O) groups is 1. The summed E-state index contributed by atoms with van der Waals surface area (Å²) in [5, 5.41) is 0. The molecule has 1 aliphatic heterocycles. The number of nitrogens with two attached hydrogens (primary N) is 1. The van der Waals surface area contributed by atoms with Crippen LogP contribution in [0.1, 0.15) is 37.2 Å². The molecule has 0 radical (unpaired) electrons. The number of nitrogens with zero attached hydrogens (tertiary/aromatic N) is 2. The van der Waals surface area contributed by atoms with Gasteiger partial charge in [-0.15, -0.1) is 12.4 Å². The van der Waals surface area contributed by atoms with Gasteiger partial charge in [-0.3, -0.25) is 4.79 Å². The van der Waals surface area contributed by atoms with E-state index in [1.54, 1.807) is 6.92 Å². The van der Waals surface area contributed by atoms with Crippen molar-refractivity contribution in [3.05, 3.63) is 29.6 Å². The van der Waals surface area contributed by atoms with Crippen molar-refractivity contribution in [2.45, 2.75) is 38.8 Å². The summed E-state index contributed by atoms with van der Waals surface area (Å²) in [6, 6.07) is 5.71. The molecule has 1 fully saturated rings. The third-order valence-corrected chi connectivity index (χ3v) is 3.90. The Kier molecular flexibility index (Phi) is 4.54. The van der Waals surface area contributed by atoms with Gasteiger partial charge >= 0.3 is 0 Å². The van der Waals surface area contributed by atoms with Crippen LogP contribution in [-0.4, -0.2) is 33.4 Å². The highest BCUT2D eigenvalue weighted by Gasteiger charge is 2.33. The Morgan fingerprint density at radius 2 is 2.29 bits per heavy atom. The molecule has 0 spiro atoms. The standard InChI is InChI=1S/C15H20N4O.ClH/c1-9-5-6-11-12(8-9)18-14(17-11)13-4-3-7-19(13)15(20)10(2)16;/h5-6,8,10,13H,3-4,7,16H2,1-2H3,(H,17,18);1H/t10-,13?;/m1./s1.